The highest BCUT2D eigenvalue weighted by molar-refractivity contribution is 6.48. The molecule has 44 valence electrons. The van der Waals surface area contributed by atoms with Gasteiger partial charge in [0.05, 0.1) is 0 Å². The van der Waals surface area contributed by atoms with E-state index in [0.29, 0.717) is 0 Å². The second-order valence-corrected chi connectivity index (χ2v) is 4.15. The van der Waals surface area contributed by atoms with Crippen molar-refractivity contribution in [3.63, 3.8) is 0 Å². The molecular weight excluding hydrogens is 108 g/mol. The maximum absolute atomic E-state index is 8.54. The van der Waals surface area contributed by atoms with E-state index < -0.39 is 15.3 Å². The molecule has 3 heteroatoms. The summed E-state index contributed by atoms with van der Waals surface area (Å²) < 4.78 is 4.94. The molecule has 0 fully saturated rings. The molecule has 0 radical (unpaired) electrons. The van der Waals surface area contributed by atoms with Crippen LogP contribution in [0.1, 0.15) is 6.92 Å². The van der Waals surface area contributed by atoms with E-state index >= 15 is 0 Å². The molecule has 0 heterocycles. The Morgan fingerprint density at radius 1 is 1.57 bits per heavy atom. The van der Waals surface area contributed by atoms with Crippen LogP contribution < -0.4 is 0 Å². The molecule has 0 aromatic rings. The first kappa shape index (κ1) is 7.14. The van der Waals surface area contributed by atoms with Crippen molar-refractivity contribution in [3.05, 3.63) is 0 Å². The van der Waals surface area contributed by atoms with Gasteiger partial charge in [-0.05, 0) is 20.0 Å². The molecule has 0 saturated carbocycles. The fourth-order valence-electron chi connectivity index (χ4n) is 0.394. The fraction of sp³-hybridized carbons (Fsp3) is 1.00. The van der Waals surface area contributed by atoms with Crippen LogP contribution in [0.4, 0.5) is 0 Å². The molecule has 1 unspecified atom stereocenters. The summed E-state index contributed by atoms with van der Waals surface area (Å²) in [6, 6.07) is 0. The molecule has 0 aliphatic heterocycles. The van der Waals surface area contributed by atoms with E-state index in [9.17, 15) is 0 Å². The van der Waals surface area contributed by atoms with E-state index in [-0.39, 0.29) is 0 Å². The van der Waals surface area contributed by atoms with Gasteiger partial charge in [-0.15, -0.1) is 0 Å². The first-order chi connectivity index (χ1) is 3.13. The minimum absolute atomic E-state index is 0.563. The quantitative estimate of drug-likeness (QED) is 0.420. The molecule has 0 aromatic heterocycles. The molecule has 1 N–H and O–H groups in total. The number of aliphatic hydroxyl groups is 1. The van der Waals surface area contributed by atoms with E-state index in [2.05, 4.69) is 0 Å². The van der Waals surface area contributed by atoms with Crippen molar-refractivity contribution in [3.8, 4) is 0 Å². The lowest BCUT2D eigenvalue weighted by molar-refractivity contribution is -0.00173. The van der Waals surface area contributed by atoms with Gasteiger partial charge in [-0.3, -0.25) is 0 Å². The Labute approximate surface area is 45.8 Å². The largest absolute Gasteiger partial charge is 0.396 e. The van der Waals surface area contributed by atoms with Gasteiger partial charge in [-0.2, -0.15) is 0 Å². The summed E-state index contributed by atoms with van der Waals surface area (Å²) in [6.45, 7) is 5.67. The number of hydrogen-bond donors (Lipinski definition) is 1. The summed E-state index contributed by atoms with van der Waals surface area (Å²) in [5, 5.41) is 8.54. The Kier molecular flexibility index (Phi) is 3.24. The summed E-state index contributed by atoms with van der Waals surface area (Å²) in [5.41, 5.74) is 0. The third kappa shape index (κ3) is 6.14. The van der Waals surface area contributed by atoms with Crippen LogP contribution in [0.3, 0.4) is 0 Å². The SMILES string of the molecule is CC(O)O[SiH](C)C. The molecule has 2 nitrogen and oxygen atoms in total. The van der Waals surface area contributed by atoms with Gasteiger partial charge in [0.2, 0.25) is 0 Å². The first-order valence-corrected chi connectivity index (χ1v) is 5.24. The van der Waals surface area contributed by atoms with Gasteiger partial charge in [0.25, 0.3) is 0 Å². The highest BCUT2D eigenvalue weighted by Gasteiger charge is 1.97. The number of hydrogen-bond acceptors (Lipinski definition) is 2. The van der Waals surface area contributed by atoms with Crippen LogP contribution in [0.25, 0.3) is 0 Å². The minimum Gasteiger partial charge on any atom is -0.396 e. The smallest absolute Gasteiger partial charge is 0.174 e. The van der Waals surface area contributed by atoms with Gasteiger partial charge < -0.3 is 9.53 Å². The Balaban J connectivity index is 2.95. The second-order valence-electron chi connectivity index (χ2n) is 1.78. The molecule has 0 amide bonds. The van der Waals surface area contributed by atoms with Gasteiger partial charge in [0.15, 0.2) is 9.04 Å². The highest BCUT2D eigenvalue weighted by Crippen LogP contribution is 1.87. The third-order valence-corrected chi connectivity index (χ3v) is 1.41. The molecular formula is C4H12O2Si. The van der Waals surface area contributed by atoms with E-state index in [1.165, 1.54) is 0 Å². The van der Waals surface area contributed by atoms with Gasteiger partial charge in [0, 0.05) is 0 Å². The molecule has 0 bridgehead atoms. The average Bonchev–Trinajstić information content (AvgIpc) is 1.27. The monoisotopic (exact) mass is 120 g/mol. The Bertz CT molecular complexity index is 39.0. The predicted octanol–water partition coefficient (Wildman–Crippen LogP) is 0.325. The van der Waals surface area contributed by atoms with Crippen molar-refractivity contribution in [2.45, 2.75) is 26.3 Å². The molecule has 7 heavy (non-hydrogen) atoms. The fourth-order valence-corrected chi connectivity index (χ4v) is 1.18. The van der Waals surface area contributed by atoms with Crippen LogP contribution in [0.5, 0.6) is 0 Å². The van der Waals surface area contributed by atoms with E-state index in [4.69, 9.17) is 9.53 Å². The lowest BCUT2D eigenvalue weighted by Gasteiger charge is -2.07. The van der Waals surface area contributed by atoms with E-state index in [0.717, 1.165) is 0 Å². The van der Waals surface area contributed by atoms with E-state index in [1.807, 2.05) is 13.1 Å². The van der Waals surface area contributed by atoms with Crippen molar-refractivity contribution in [2.75, 3.05) is 0 Å². The van der Waals surface area contributed by atoms with Gasteiger partial charge in [-0.1, -0.05) is 0 Å². The van der Waals surface area contributed by atoms with Crippen molar-refractivity contribution >= 4 is 9.04 Å². The van der Waals surface area contributed by atoms with Crippen LogP contribution in [0.2, 0.25) is 13.1 Å². The van der Waals surface area contributed by atoms with Crippen molar-refractivity contribution in [1.82, 2.24) is 0 Å². The lowest BCUT2D eigenvalue weighted by atomic mass is 10.8. The summed E-state index contributed by atoms with van der Waals surface area (Å²) in [5.74, 6) is 0. The van der Waals surface area contributed by atoms with Crippen molar-refractivity contribution < 1.29 is 9.53 Å². The van der Waals surface area contributed by atoms with Gasteiger partial charge in [0.1, 0.15) is 6.29 Å². The standard InChI is InChI=1S/C4H12O2Si/c1-4(5)6-7(2)3/h4-5,7H,1-3H3. The molecule has 1 atom stereocenters. The van der Waals surface area contributed by atoms with Crippen LogP contribution >= 0.6 is 0 Å². The maximum atomic E-state index is 8.54. The molecule has 0 aliphatic rings. The predicted molar refractivity (Wildman–Crippen MR) is 31.6 cm³/mol. The normalized spacial score (nSPS) is 15.0. The molecule has 0 aromatic carbocycles. The zero-order valence-electron chi connectivity index (χ0n) is 5.01. The third-order valence-electron chi connectivity index (χ3n) is 0.469. The summed E-state index contributed by atoms with van der Waals surface area (Å²) in [6.07, 6.45) is -0.563. The Morgan fingerprint density at radius 3 is 2.00 bits per heavy atom. The van der Waals surface area contributed by atoms with Crippen LogP contribution in [-0.4, -0.2) is 20.4 Å². The molecule has 0 aliphatic carbocycles. The molecule has 0 saturated heterocycles. The van der Waals surface area contributed by atoms with Crippen LogP contribution in [0.15, 0.2) is 0 Å². The Hall–Kier alpha value is 0.137. The zero-order chi connectivity index (χ0) is 5.86. The average molecular weight is 120 g/mol. The Morgan fingerprint density at radius 2 is 2.00 bits per heavy atom. The van der Waals surface area contributed by atoms with Crippen molar-refractivity contribution in [1.29, 1.82) is 0 Å². The van der Waals surface area contributed by atoms with Crippen LogP contribution in [0, 0.1) is 0 Å². The first-order valence-electron chi connectivity index (χ1n) is 2.46. The van der Waals surface area contributed by atoms with Gasteiger partial charge in [-0.25, -0.2) is 0 Å². The van der Waals surface area contributed by atoms with Crippen molar-refractivity contribution in [2.24, 2.45) is 0 Å². The molecule has 0 rings (SSSR count). The summed E-state index contributed by atoms with van der Waals surface area (Å²) in [4.78, 5) is 0. The number of aliphatic hydroxyl groups excluding tert-OH is 1. The molecule has 0 spiro atoms. The lowest BCUT2D eigenvalue weighted by Crippen LogP contribution is -2.16. The van der Waals surface area contributed by atoms with E-state index in [1.54, 1.807) is 6.92 Å². The topological polar surface area (TPSA) is 29.5 Å². The summed E-state index contributed by atoms with van der Waals surface area (Å²) >= 11 is 0. The van der Waals surface area contributed by atoms with Crippen LogP contribution in [-0.2, 0) is 4.43 Å². The minimum atomic E-state index is -0.978. The number of rotatable bonds is 2. The second kappa shape index (κ2) is 3.18. The highest BCUT2D eigenvalue weighted by atomic mass is 28.3. The zero-order valence-corrected chi connectivity index (χ0v) is 6.16. The maximum Gasteiger partial charge on any atom is 0.174 e. The summed E-state index contributed by atoms with van der Waals surface area (Å²) in [7, 11) is -0.978. The van der Waals surface area contributed by atoms with Gasteiger partial charge >= 0.3 is 0 Å².